The molecule has 0 fully saturated rings. The van der Waals surface area contributed by atoms with E-state index in [9.17, 15) is 0 Å². The first-order valence-electron chi connectivity index (χ1n) is 6.51. The predicted molar refractivity (Wildman–Crippen MR) is 89.0 cm³/mol. The normalized spacial score (nSPS) is 15.2. The first-order valence-corrected chi connectivity index (χ1v) is 10.2. The van der Waals surface area contributed by atoms with Crippen LogP contribution in [0.1, 0.15) is 18.4 Å². The van der Waals surface area contributed by atoms with Crippen LogP contribution in [0, 0.1) is 6.92 Å². The minimum Gasteiger partial charge on any atom is -0.147 e. The van der Waals surface area contributed by atoms with Crippen molar-refractivity contribution < 1.29 is 21.8 Å². The fourth-order valence-electron chi connectivity index (χ4n) is 2.67. The van der Waals surface area contributed by atoms with Crippen LogP contribution < -0.4 is 3.27 Å². The summed E-state index contributed by atoms with van der Waals surface area (Å²) in [7, 11) is 0. The van der Waals surface area contributed by atoms with E-state index in [1.165, 1.54) is 18.4 Å². The third-order valence-electron chi connectivity index (χ3n) is 3.60. The summed E-state index contributed by atoms with van der Waals surface area (Å²) < 4.78 is 5.10. The first kappa shape index (κ1) is 17.7. The molecule has 0 unspecified atom stereocenters. The summed E-state index contributed by atoms with van der Waals surface area (Å²) in [5.41, 5.74) is 1.48. The van der Waals surface area contributed by atoms with Crippen LogP contribution in [0.15, 0.2) is 67.3 Å². The molecule has 0 nitrogen and oxygen atoms in total. The second-order valence-corrected chi connectivity index (χ2v) is 11.2. The van der Waals surface area contributed by atoms with E-state index in [0.717, 1.165) is 0 Å². The molecule has 0 radical (unpaired) electrons. The Labute approximate surface area is 141 Å². The molecule has 0 saturated carbocycles. The Morgan fingerprint density at radius 2 is 1.40 bits per heavy atom. The van der Waals surface area contributed by atoms with E-state index >= 15 is 0 Å². The van der Waals surface area contributed by atoms with Crippen LogP contribution in [0.2, 0.25) is 0 Å². The molecule has 0 N–H and O–H groups in total. The van der Waals surface area contributed by atoms with Crippen molar-refractivity contribution in [2.75, 3.05) is 0 Å². The second-order valence-electron chi connectivity index (χ2n) is 4.84. The SMILES string of the molecule is Cc1cccc[c]1[Zr]([C]1=CC=CC1)[C]1=CC=CC1.Cl.Cl. The number of benzene rings is 1. The van der Waals surface area contributed by atoms with Gasteiger partial charge in [-0.1, -0.05) is 0 Å². The number of hydrogen-bond donors (Lipinski definition) is 0. The first-order chi connectivity index (χ1) is 8.86. The predicted octanol–water partition coefficient (Wildman–Crippen LogP) is 4.77. The van der Waals surface area contributed by atoms with Crippen LogP contribution in [0.25, 0.3) is 0 Å². The summed E-state index contributed by atoms with van der Waals surface area (Å²) in [6, 6.07) is 8.99. The number of rotatable bonds is 3. The smallest absolute Gasteiger partial charge is 0.147 e. The van der Waals surface area contributed by atoms with Crippen molar-refractivity contribution in [1.82, 2.24) is 0 Å². The molecule has 0 amide bonds. The molecule has 0 aromatic heterocycles. The van der Waals surface area contributed by atoms with Gasteiger partial charge in [0, 0.05) is 0 Å². The second kappa shape index (κ2) is 8.18. The van der Waals surface area contributed by atoms with Crippen LogP contribution in [-0.2, 0) is 21.8 Å². The Morgan fingerprint density at radius 3 is 1.85 bits per heavy atom. The molecule has 1 aromatic carbocycles. The largest absolute Gasteiger partial charge is 0.147 e. The van der Waals surface area contributed by atoms with Gasteiger partial charge in [-0.15, -0.1) is 24.8 Å². The van der Waals surface area contributed by atoms with Crippen LogP contribution in [-0.4, -0.2) is 0 Å². The van der Waals surface area contributed by atoms with Gasteiger partial charge >= 0.3 is 118 Å². The maximum Gasteiger partial charge on any atom is -0.147 e. The topological polar surface area (TPSA) is 0 Å². The molecule has 0 spiro atoms. The maximum atomic E-state index is 2.38. The van der Waals surface area contributed by atoms with Gasteiger partial charge < -0.3 is 0 Å². The monoisotopic (exact) mass is 383 g/mol. The van der Waals surface area contributed by atoms with E-state index in [1.54, 1.807) is 9.83 Å². The number of halogens is 2. The van der Waals surface area contributed by atoms with Crippen molar-refractivity contribution in [3.63, 3.8) is 0 Å². The van der Waals surface area contributed by atoms with E-state index in [4.69, 9.17) is 0 Å². The number of aryl methyl sites for hydroxylation is 1. The summed E-state index contributed by atoms with van der Waals surface area (Å²) in [4.78, 5) is 0. The minimum absolute atomic E-state index is 0. The summed E-state index contributed by atoms with van der Waals surface area (Å²) >= 11 is -1.81. The zero-order valence-corrected chi connectivity index (χ0v) is 15.6. The number of allylic oxidation sites excluding steroid dienone is 8. The molecule has 3 rings (SSSR count). The third kappa shape index (κ3) is 3.64. The molecule has 105 valence electrons. The summed E-state index contributed by atoms with van der Waals surface area (Å²) in [5.74, 6) is 0. The van der Waals surface area contributed by atoms with Crippen LogP contribution in [0.3, 0.4) is 0 Å². The van der Waals surface area contributed by atoms with E-state index in [1.807, 2.05) is 0 Å². The Balaban J connectivity index is 0.000001000. The van der Waals surface area contributed by atoms with Crippen molar-refractivity contribution in [1.29, 1.82) is 0 Å². The molecule has 0 saturated heterocycles. The Kier molecular flexibility index (Phi) is 7.23. The van der Waals surface area contributed by atoms with Crippen LogP contribution >= 0.6 is 24.8 Å². The van der Waals surface area contributed by atoms with E-state index in [0.29, 0.717) is 0 Å². The Morgan fingerprint density at radius 1 is 0.850 bits per heavy atom. The standard InChI is InChI=1S/C7H7.2C5H5.2ClH.Zr/c1-7-5-3-2-4-6-7;2*1-2-4-5-3-1;;;/h2-5H,1H3;2*1-3H,4H2;2*1H;. The summed E-state index contributed by atoms with van der Waals surface area (Å²) in [6.45, 7) is 2.27. The van der Waals surface area contributed by atoms with Gasteiger partial charge in [0.15, 0.2) is 0 Å². The van der Waals surface area contributed by atoms with Crippen molar-refractivity contribution >= 4 is 28.1 Å². The average molecular weight is 385 g/mol. The van der Waals surface area contributed by atoms with Crippen molar-refractivity contribution in [3.8, 4) is 0 Å². The molecular weight excluding hydrogens is 366 g/mol. The molecule has 2 aliphatic rings. The van der Waals surface area contributed by atoms with Crippen molar-refractivity contribution in [3.05, 3.63) is 72.8 Å². The van der Waals surface area contributed by atoms with Crippen LogP contribution in [0.4, 0.5) is 0 Å². The van der Waals surface area contributed by atoms with Gasteiger partial charge in [-0.05, 0) is 0 Å². The molecular formula is C17H19Cl2Zr. The molecule has 0 heterocycles. The Hall–Kier alpha value is -0.357. The van der Waals surface area contributed by atoms with Gasteiger partial charge in [0.25, 0.3) is 0 Å². The van der Waals surface area contributed by atoms with E-state index in [2.05, 4.69) is 67.6 Å². The van der Waals surface area contributed by atoms with Gasteiger partial charge in [-0.3, -0.25) is 0 Å². The number of hydrogen-bond acceptors (Lipinski definition) is 0. The molecule has 3 heteroatoms. The molecule has 2 aliphatic carbocycles. The van der Waals surface area contributed by atoms with E-state index < -0.39 is 21.8 Å². The third-order valence-corrected chi connectivity index (χ3v) is 11.3. The molecule has 1 aromatic rings. The zero-order valence-electron chi connectivity index (χ0n) is 11.5. The zero-order chi connectivity index (χ0) is 12.4. The fourth-order valence-corrected chi connectivity index (χ4v) is 10.1. The summed E-state index contributed by atoms with van der Waals surface area (Å²) in [6.07, 6.45) is 16.2. The van der Waals surface area contributed by atoms with Gasteiger partial charge in [0.2, 0.25) is 0 Å². The van der Waals surface area contributed by atoms with Gasteiger partial charge in [-0.2, -0.15) is 0 Å². The minimum atomic E-state index is -1.81. The van der Waals surface area contributed by atoms with Crippen molar-refractivity contribution in [2.24, 2.45) is 0 Å². The molecule has 0 aliphatic heterocycles. The van der Waals surface area contributed by atoms with Gasteiger partial charge in [-0.25, -0.2) is 0 Å². The summed E-state index contributed by atoms with van der Waals surface area (Å²) in [5, 5.41) is 0. The quantitative estimate of drug-likeness (QED) is 0.703. The van der Waals surface area contributed by atoms with Gasteiger partial charge in [0.05, 0.1) is 0 Å². The molecule has 20 heavy (non-hydrogen) atoms. The maximum absolute atomic E-state index is 2.38. The van der Waals surface area contributed by atoms with Crippen molar-refractivity contribution in [2.45, 2.75) is 19.8 Å². The Bertz CT molecular complexity index is 552. The molecule has 0 atom stereocenters. The fraction of sp³-hybridized carbons (Fsp3) is 0.176. The molecule has 0 bridgehead atoms. The van der Waals surface area contributed by atoms with Gasteiger partial charge in [0.1, 0.15) is 0 Å². The van der Waals surface area contributed by atoms with Crippen LogP contribution in [0.5, 0.6) is 0 Å². The average Bonchev–Trinajstić information content (AvgIpc) is 3.05. The van der Waals surface area contributed by atoms with E-state index in [-0.39, 0.29) is 24.8 Å².